The van der Waals surface area contributed by atoms with E-state index in [1.54, 1.807) is 0 Å². The van der Waals surface area contributed by atoms with E-state index in [4.69, 9.17) is 4.74 Å². The van der Waals surface area contributed by atoms with Gasteiger partial charge in [0.1, 0.15) is 22.6 Å². The number of para-hydroxylation sites is 2. The summed E-state index contributed by atoms with van der Waals surface area (Å²) in [6.07, 6.45) is 2.24. The van der Waals surface area contributed by atoms with Crippen LogP contribution in [-0.4, -0.2) is 4.40 Å². The Kier molecular flexibility index (Phi) is 2.40. The van der Waals surface area contributed by atoms with E-state index in [1.807, 2.05) is 11.3 Å². The lowest BCUT2D eigenvalue weighted by atomic mass is 9.86. The minimum atomic E-state index is -0.518. The molecule has 0 fully saturated rings. The summed E-state index contributed by atoms with van der Waals surface area (Å²) in [5.41, 5.74) is 8.17. The third-order valence-electron chi connectivity index (χ3n) is 8.07. The van der Waals surface area contributed by atoms with Crippen molar-refractivity contribution >= 4 is 49.0 Å². The fourth-order valence-electron chi connectivity index (χ4n) is 7.03. The number of hydrogen-bond donors (Lipinski definition) is 0. The highest BCUT2D eigenvalue weighted by molar-refractivity contribution is 7.17. The van der Waals surface area contributed by atoms with E-state index >= 15 is 0 Å². The molecule has 10 rings (SSSR count). The van der Waals surface area contributed by atoms with Crippen molar-refractivity contribution in [2.45, 2.75) is 5.66 Å². The Labute approximate surface area is 197 Å². The Bertz CT molecular complexity index is 2120. The maximum atomic E-state index is 6.65. The van der Waals surface area contributed by atoms with Crippen LogP contribution in [0.4, 0.5) is 0 Å². The highest BCUT2D eigenvalue weighted by Crippen LogP contribution is 2.57. The topological polar surface area (TPSA) is 21.4 Å². The largest absolute Gasteiger partial charge is 0.456 e. The predicted molar refractivity (Wildman–Crippen MR) is 132 cm³/mol. The predicted octanol–water partition coefficient (Wildman–Crippen LogP) is 5.73. The van der Waals surface area contributed by atoms with Crippen molar-refractivity contribution in [1.29, 1.82) is 0 Å². The average Bonchev–Trinajstić information content (AvgIpc) is 3.63. The number of ether oxygens (including phenoxy) is 1. The zero-order valence-corrected chi connectivity index (χ0v) is 18.6. The van der Waals surface area contributed by atoms with Gasteiger partial charge in [-0.3, -0.25) is 0 Å². The molecule has 156 valence electrons. The van der Waals surface area contributed by atoms with E-state index in [9.17, 15) is 0 Å². The molecule has 0 radical (unpaired) electrons. The first-order valence-corrected chi connectivity index (χ1v) is 12.4. The number of aromatic nitrogens is 3. The summed E-state index contributed by atoms with van der Waals surface area (Å²) in [5.74, 6) is 1.89. The van der Waals surface area contributed by atoms with Crippen molar-refractivity contribution in [3.05, 3.63) is 102 Å². The molecule has 0 aliphatic carbocycles. The molecule has 7 aromatic rings. The minimum Gasteiger partial charge on any atom is -0.456 e. The number of fused-ring (bicyclic) bond motifs is 8. The van der Waals surface area contributed by atoms with Gasteiger partial charge in [0, 0.05) is 22.9 Å². The molecule has 0 amide bonds. The molecule has 0 saturated carbocycles. The Morgan fingerprint density at radius 1 is 0.794 bits per heavy atom. The minimum absolute atomic E-state index is 0.518. The maximum Gasteiger partial charge on any atom is 0.372 e. The van der Waals surface area contributed by atoms with E-state index < -0.39 is 5.66 Å². The zero-order valence-electron chi connectivity index (χ0n) is 17.8. The Morgan fingerprint density at radius 2 is 1.71 bits per heavy atom. The molecule has 1 spiro atoms. The van der Waals surface area contributed by atoms with Crippen LogP contribution in [0.2, 0.25) is 0 Å². The van der Waals surface area contributed by atoms with Crippen LogP contribution < -0.4 is 13.9 Å². The van der Waals surface area contributed by atoms with Crippen LogP contribution in [0.15, 0.2) is 90.4 Å². The lowest BCUT2D eigenvalue weighted by Crippen LogP contribution is -2.71. The van der Waals surface area contributed by atoms with Gasteiger partial charge in [0.05, 0.1) is 10.9 Å². The number of nitrogens with zero attached hydrogens (tertiary/aromatic N) is 3. The highest BCUT2D eigenvalue weighted by Gasteiger charge is 2.68. The Hall–Kier alpha value is -4.22. The average molecular weight is 454 g/mol. The van der Waals surface area contributed by atoms with E-state index in [-0.39, 0.29) is 0 Å². The maximum absolute atomic E-state index is 6.65. The van der Waals surface area contributed by atoms with Gasteiger partial charge in [-0.25, -0.2) is 0 Å². The molecule has 0 saturated heterocycles. The van der Waals surface area contributed by atoms with Crippen LogP contribution in [0, 0.1) is 0 Å². The van der Waals surface area contributed by atoms with Gasteiger partial charge >= 0.3 is 11.3 Å². The molecule has 3 aliphatic rings. The second-order valence-electron chi connectivity index (χ2n) is 9.39. The Balaban J connectivity index is 1.63. The summed E-state index contributed by atoms with van der Waals surface area (Å²) in [6.45, 7) is 0. The summed E-state index contributed by atoms with van der Waals surface area (Å²) >= 11 is 1.81. The van der Waals surface area contributed by atoms with E-state index in [1.165, 1.54) is 60.1 Å². The summed E-state index contributed by atoms with van der Waals surface area (Å²) in [4.78, 5) is 1.29. The van der Waals surface area contributed by atoms with Gasteiger partial charge in [-0.05, 0) is 53.9 Å². The zero-order chi connectivity index (χ0) is 21.8. The third kappa shape index (κ3) is 1.41. The first kappa shape index (κ1) is 16.4. The summed E-state index contributed by atoms with van der Waals surface area (Å²) in [5, 5.41) is 6.11. The van der Waals surface area contributed by atoms with Gasteiger partial charge in [0.15, 0.2) is 22.1 Å². The van der Waals surface area contributed by atoms with Crippen LogP contribution in [0.5, 0.6) is 11.5 Å². The SMILES string of the molecule is c1cc2c3c(c1)-c1cccc[n+]1C31c3c(ccc4c5ccsc5n5c6ccccc6[n+]1c5c34)O2. The molecule has 7 heterocycles. The fraction of sp³-hybridized carbons (Fsp3) is 0.0345. The normalized spacial score (nSPS) is 18.4. The van der Waals surface area contributed by atoms with Crippen molar-refractivity contribution in [3.8, 4) is 22.8 Å². The van der Waals surface area contributed by atoms with Crippen LogP contribution in [0.25, 0.3) is 48.9 Å². The number of pyridine rings is 2. The van der Waals surface area contributed by atoms with Gasteiger partial charge in [0.2, 0.25) is 5.69 Å². The molecular formula is C29H15N3OS+2. The summed E-state index contributed by atoms with van der Waals surface area (Å²) < 4.78 is 14.2. The molecule has 4 nitrogen and oxygen atoms in total. The standard InChI is InChI=1S/C29H15N3OS/c1-2-9-21-20(8-1)31-27-24-16(17-13-15-34-28(17)31)11-12-23-26(24)29(32(21)27)25-18(6-5-10-22(25)33-23)19-7-3-4-14-30(19)29/h1-15H/q+2. The van der Waals surface area contributed by atoms with Crippen LogP contribution in [0.3, 0.4) is 0 Å². The number of thiophene rings is 1. The van der Waals surface area contributed by atoms with Crippen LogP contribution in [-0.2, 0) is 5.66 Å². The number of imidazole rings is 1. The van der Waals surface area contributed by atoms with Crippen molar-refractivity contribution in [1.82, 2.24) is 4.40 Å². The van der Waals surface area contributed by atoms with Crippen molar-refractivity contribution in [2.24, 2.45) is 0 Å². The lowest BCUT2D eigenvalue weighted by molar-refractivity contribution is -0.940. The third-order valence-corrected chi connectivity index (χ3v) is 8.97. The van der Waals surface area contributed by atoms with Gasteiger partial charge in [-0.1, -0.05) is 18.2 Å². The van der Waals surface area contributed by atoms with Gasteiger partial charge in [-0.15, -0.1) is 20.5 Å². The molecule has 3 aliphatic heterocycles. The molecule has 0 bridgehead atoms. The highest BCUT2D eigenvalue weighted by atomic mass is 32.1. The first-order chi connectivity index (χ1) is 16.9. The van der Waals surface area contributed by atoms with Crippen molar-refractivity contribution in [2.75, 3.05) is 0 Å². The molecule has 1 unspecified atom stereocenters. The quantitative estimate of drug-likeness (QED) is 0.269. The van der Waals surface area contributed by atoms with E-state index in [0.717, 1.165) is 11.5 Å². The number of hydrogen-bond acceptors (Lipinski definition) is 2. The Morgan fingerprint density at radius 3 is 2.71 bits per heavy atom. The van der Waals surface area contributed by atoms with E-state index in [0.29, 0.717) is 0 Å². The van der Waals surface area contributed by atoms with Gasteiger partial charge < -0.3 is 4.74 Å². The van der Waals surface area contributed by atoms with Gasteiger partial charge in [-0.2, -0.15) is 4.40 Å². The van der Waals surface area contributed by atoms with Crippen molar-refractivity contribution < 1.29 is 13.9 Å². The molecule has 4 aromatic heterocycles. The molecule has 0 N–H and O–H groups in total. The molecule has 3 aromatic carbocycles. The molecular weight excluding hydrogens is 438 g/mol. The number of benzene rings is 3. The van der Waals surface area contributed by atoms with Gasteiger partial charge in [0.25, 0.3) is 0 Å². The molecule has 5 heteroatoms. The fourth-order valence-corrected chi connectivity index (χ4v) is 7.96. The second-order valence-corrected chi connectivity index (χ2v) is 10.3. The lowest BCUT2D eigenvalue weighted by Gasteiger charge is -2.28. The molecule has 34 heavy (non-hydrogen) atoms. The van der Waals surface area contributed by atoms with E-state index in [2.05, 4.69) is 104 Å². The first-order valence-electron chi connectivity index (χ1n) is 11.5. The smallest absolute Gasteiger partial charge is 0.372 e. The monoisotopic (exact) mass is 453 g/mol. The molecule has 1 atom stereocenters. The number of rotatable bonds is 0. The second kappa shape index (κ2) is 4.98. The van der Waals surface area contributed by atoms with Crippen LogP contribution >= 0.6 is 11.3 Å². The summed E-state index contributed by atoms with van der Waals surface area (Å²) in [7, 11) is 0. The van der Waals surface area contributed by atoms with Crippen molar-refractivity contribution in [3.63, 3.8) is 0 Å². The summed E-state index contributed by atoms with van der Waals surface area (Å²) in [6, 6.07) is 28.5. The van der Waals surface area contributed by atoms with Crippen LogP contribution in [0.1, 0.15) is 11.1 Å².